The number of aryl methyl sites for hydroxylation is 3. The molecule has 2 heterocycles. The van der Waals surface area contributed by atoms with Crippen molar-refractivity contribution in [1.82, 2.24) is 9.88 Å². The van der Waals surface area contributed by atoms with Crippen LogP contribution >= 0.6 is 11.3 Å². The molecule has 31 heavy (non-hydrogen) atoms. The summed E-state index contributed by atoms with van der Waals surface area (Å²) < 4.78 is 0. The van der Waals surface area contributed by atoms with Gasteiger partial charge in [0.1, 0.15) is 0 Å². The van der Waals surface area contributed by atoms with E-state index >= 15 is 0 Å². The molecule has 6 nitrogen and oxygen atoms in total. The molecule has 7 heteroatoms. The van der Waals surface area contributed by atoms with Crippen LogP contribution in [-0.4, -0.2) is 47.9 Å². The quantitative estimate of drug-likeness (QED) is 0.785. The molecule has 1 saturated heterocycles. The Morgan fingerprint density at radius 3 is 2.58 bits per heavy atom. The molecule has 0 unspecified atom stereocenters. The number of nitrogens with zero attached hydrogens (tertiary/aromatic N) is 3. The van der Waals surface area contributed by atoms with E-state index in [9.17, 15) is 9.59 Å². The first-order chi connectivity index (χ1) is 14.8. The van der Waals surface area contributed by atoms with E-state index in [2.05, 4.69) is 23.2 Å². The minimum absolute atomic E-state index is 0.0120. The Morgan fingerprint density at radius 2 is 1.90 bits per heavy atom. The van der Waals surface area contributed by atoms with Crippen molar-refractivity contribution >= 4 is 34.0 Å². The van der Waals surface area contributed by atoms with Gasteiger partial charge in [-0.3, -0.25) is 9.59 Å². The van der Waals surface area contributed by atoms with E-state index in [0.29, 0.717) is 0 Å². The molecule has 0 radical (unpaired) electrons. The zero-order chi connectivity index (χ0) is 22.1. The number of aromatic nitrogens is 1. The second kappa shape index (κ2) is 8.99. The Balaban J connectivity index is 1.37. The van der Waals surface area contributed by atoms with Crippen molar-refractivity contribution in [1.29, 1.82) is 0 Å². The van der Waals surface area contributed by atoms with E-state index in [0.717, 1.165) is 67.5 Å². The molecule has 4 rings (SSSR count). The Kier molecular flexibility index (Phi) is 6.32. The number of benzene rings is 1. The van der Waals surface area contributed by atoms with Gasteiger partial charge in [-0.15, -0.1) is 11.3 Å². The molecule has 1 atom stereocenters. The molecule has 1 aromatic carbocycles. The summed E-state index contributed by atoms with van der Waals surface area (Å²) in [7, 11) is 0. The van der Waals surface area contributed by atoms with E-state index in [1.165, 1.54) is 10.4 Å². The number of piperazine rings is 1. The average Bonchev–Trinajstić information content (AvgIpc) is 3.18. The fourth-order valence-corrected chi connectivity index (χ4v) is 5.63. The average molecular weight is 441 g/mol. The van der Waals surface area contributed by atoms with Crippen LogP contribution in [0.2, 0.25) is 0 Å². The van der Waals surface area contributed by atoms with Crippen molar-refractivity contribution in [2.24, 2.45) is 11.8 Å². The number of nitrogens with one attached hydrogen (secondary N) is 1. The Hall–Kier alpha value is -2.41. The molecule has 1 aromatic heterocycles. The lowest BCUT2D eigenvalue weighted by Gasteiger charge is -2.35. The van der Waals surface area contributed by atoms with Crippen LogP contribution in [0.1, 0.15) is 42.0 Å². The number of fused-ring (bicyclic) bond motifs is 1. The van der Waals surface area contributed by atoms with E-state index in [-0.39, 0.29) is 23.7 Å². The van der Waals surface area contributed by atoms with Crippen LogP contribution in [0.3, 0.4) is 0 Å². The first-order valence-corrected chi connectivity index (χ1v) is 12.0. The lowest BCUT2D eigenvalue weighted by Crippen LogP contribution is -2.49. The molecule has 1 N–H and O–H groups in total. The zero-order valence-electron chi connectivity index (χ0n) is 18.9. The monoisotopic (exact) mass is 440 g/mol. The molecule has 2 aromatic rings. The number of amides is 2. The third-order valence-electron chi connectivity index (χ3n) is 6.29. The summed E-state index contributed by atoms with van der Waals surface area (Å²) in [5.74, 6) is 0.372. The van der Waals surface area contributed by atoms with Crippen LogP contribution in [0.15, 0.2) is 18.2 Å². The summed E-state index contributed by atoms with van der Waals surface area (Å²) in [6.07, 6.45) is 2.45. The van der Waals surface area contributed by atoms with Gasteiger partial charge in [-0.05, 0) is 44.7 Å². The third kappa shape index (κ3) is 4.76. The van der Waals surface area contributed by atoms with Crippen molar-refractivity contribution in [2.45, 2.75) is 47.0 Å². The summed E-state index contributed by atoms with van der Waals surface area (Å²) in [5.41, 5.74) is 4.35. The van der Waals surface area contributed by atoms with Crippen molar-refractivity contribution in [3.8, 4) is 0 Å². The van der Waals surface area contributed by atoms with Gasteiger partial charge in [0.2, 0.25) is 11.8 Å². The highest BCUT2D eigenvalue weighted by Gasteiger charge is 2.30. The highest BCUT2D eigenvalue weighted by Crippen LogP contribution is 2.35. The van der Waals surface area contributed by atoms with Gasteiger partial charge < -0.3 is 15.1 Å². The fourth-order valence-electron chi connectivity index (χ4n) is 4.39. The Morgan fingerprint density at radius 1 is 1.16 bits per heavy atom. The molecule has 1 aliphatic carbocycles. The van der Waals surface area contributed by atoms with Crippen LogP contribution < -0.4 is 10.2 Å². The number of carbonyl (C=O) groups is 2. The van der Waals surface area contributed by atoms with E-state index in [1.54, 1.807) is 11.3 Å². The van der Waals surface area contributed by atoms with E-state index in [4.69, 9.17) is 4.98 Å². The largest absolute Gasteiger partial charge is 0.345 e. The van der Waals surface area contributed by atoms with Gasteiger partial charge in [0.15, 0.2) is 5.13 Å². The number of hydrogen-bond donors (Lipinski definition) is 1. The van der Waals surface area contributed by atoms with E-state index in [1.807, 2.05) is 37.8 Å². The number of hydrogen-bond acceptors (Lipinski definition) is 5. The fraction of sp³-hybridized carbons (Fsp3) is 0.542. The van der Waals surface area contributed by atoms with E-state index < -0.39 is 0 Å². The van der Waals surface area contributed by atoms with Crippen molar-refractivity contribution < 1.29 is 9.59 Å². The van der Waals surface area contributed by atoms with Gasteiger partial charge >= 0.3 is 0 Å². The smallest absolute Gasteiger partial charge is 0.227 e. The molecule has 2 amide bonds. The summed E-state index contributed by atoms with van der Waals surface area (Å²) in [6.45, 7) is 11.1. The summed E-state index contributed by atoms with van der Waals surface area (Å²) in [4.78, 5) is 35.5. The normalized spacial score (nSPS) is 18.8. The number of anilines is 2. The minimum atomic E-state index is -0.0120. The first-order valence-electron chi connectivity index (χ1n) is 11.2. The van der Waals surface area contributed by atoms with Gasteiger partial charge in [-0.1, -0.05) is 31.5 Å². The number of carbonyl (C=O) groups excluding carboxylic acids is 2. The van der Waals surface area contributed by atoms with Crippen molar-refractivity contribution in [3.63, 3.8) is 0 Å². The predicted octanol–water partition coefficient (Wildman–Crippen LogP) is 3.81. The molecular weight excluding hydrogens is 408 g/mol. The number of rotatable bonds is 4. The predicted molar refractivity (Wildman–Crippen MR) is 126 cm³/mol. The highest BCUT2D eigenvalue weighted by atomic mass is 32.1. The second-order valence-electron chi connectivity index (χ2n) is 9.08. The third-order valence-corrected chi connectivity index (χ3v) is 7.48. The number of thiazole rings is 1. The second-order valence-corrected chi connectivity index (χ2v) is 10.1. The zero-order valence-corrected chi connectivity index (χ0v) is 19.7. The molecule has 0 saturated carbocycles. The molecule has 1 aliphatic heterocycles. The van der Waals surface area contributed by atoms with Crippen LogP contribution in [-0.2, 0) is 22.4 Å². The Bertz CT molecular complexity index is 976. The maximum atomic E-state index is 12.9. The van der Waals surface area contributed by atoms with Gasteiger partial charge in [0.25, 0.3) is 0 Å². The van der Waals surface area contributed by atoms with Crippen LogP contribution in [0.5, 0.6) is 0 Å². The molecule has 1 fully saturated rings. The summed E-state index contributed by atoms with van der Waals surface area (Å²) >= 11 is 1.72. The van der Waals surface area contributed by atoms with Crippen molar-refractivity contribution in [3.05, 3.63) is 39.9 Å². The van der Waals surface area contributed by atoms with Crippen LogP contribution in [0.25, 0.3) is 0 Å². The van der Waals surface area contributed by atoms with Crippen LogP contribution in [0.4, 0.5) is 10.8 Å². The van der Waals surface area contributed by atoms with Gasteiger partial charge in [-0.25, -0.2) is 4.98 Å². The standard InChI is InChI=1S/C24H32N4O2S/c1-15(2)23(30)27-9-11-28(12-10-27)24-26-20-8-6-18(14-21(20)31-24)22(29)25-19-7-5-16(3)13-17(19)4/h5,7,13,15,18H,6,8-12,14H2,1-4H3,(H,25,29)/t18-/m0/s1. The summed E-state index contributed by atoms with van der Waals surface area (Å²) in [6, 6.07) is 6.12. The minimum Gasteiger partial charge on any atom is -0.345 e. The molecule has 166 valence electrons. The molecule has 0 bridgehead atoms. The maximum Gasteiger partial charge on any atom is 0.227 e. The lowest BCUT2D eigenvalue weighted by molar-refractivity contribution is -0.134. The summed E-state index contributed by atoms with van der Waals surface area (Å²) in [5, 5.41) is 4.17. The van der Waals surface area contributed by atoms with Crippen molar-refractivity contribution in [2.75, 3.05) is 36.4 Å². The topological polar surface area (TPSA) is 65.5 Å². The maximum absolute atomic E-state index is 12.9. The van der Waals surface area contributed by atoms with Gasteiger partial charge in [0.05, 0.1) is 5.69 Å². The van der Waals surface area contributed by atoms with Gasteiger partial charge in [0, 0.05) is 48.6 Å². The van der Waals surface area contributed by atoms with Gasteiger partial charge in [-0.2, -0.15) is 0 Å². The SMILES string of the molecule is Cc1ccc(NC(=O)[C@H]2CCc3nc(N4CCN(C(=O)C(C)C)CC4)sc3C2)c(C)c1. The molecule has 0 spiro atoms. The lowest BCUT2D eigenvalue weighted by atomic mass is 9.90. The first kappa shape index (κ1) is 21.8. The molecule has 2 aliphatic rings. The Labute approximate surface area is 188 Å². The van der Waals surface area contributed by atoms with Crippen LogP contribution in [0, 0.1) is 25.7 Å². The molecular formula is C24H32N4O2S. The highest BCUT2D eigenvalue weighted by molar-refractivity contribution is 7.15.